The first kappa shape index (κ1) is 13.1. The average Bonchev–Trinajstić information content (AvgIpc) is 2.90. The smallest absolute Gasteiger partial charge is 0.194 e. The fourth-order valence-corrected chi connectivity index (χ4v) is 4.13. The Balaban J connectivity index is 1.69. The number of rotatable bonds is 3. The van der Waals surface area contributed by atoms with Crippen LogP contribution in [0.4, 0.5) is 0 Å². The van der Waals surface area contributed by atoms with E-state index in [2.05, 4.69) is 47.0 Å². The highest BCUT2D eigenvalue weighted by Crippen LogP contribution is 2.29. The molecule has 1 aliphatic carbocycles. The van der Waals surface area contributed by atoms with Gasteiger partial charge in [0.15, 0.2) is 4.96 Å². The summed E-state index contributed by atoms with van der Waals surface area (Å²) >= 11 is 1.71. The summed E-state index contributed by atoms with van der Waals surface area (Å²) in [5.41, 5.74) is 2.48. The van der Waals surface area contributed by atoms with Crippen LogP contribution in [0.1, 0.15) is 44.5 Å². The molecule has 1 saturated carbocycles. The fraction of sp³-hybridized carbons (Fsp3) is 0.667. The summed E-state index contributed by atoms with van der Waals surface area (Å²) in [4.78, 5) is 5.72. The van der Waals surface area contributed by atoms with Gasteiger partial charge < -0.3 is 5.32 Å². The van der Waals surface area contributed by atoms with Crippen LogP contribution in [0, 0.1) is 18.8 Å². The maximum absolute atomic E-state index is 4.61. The van der Waals surface area contributed by atoms with Crippen molar-refractivity contribution in [1.29, 1.82) is 0 Å². The van der Waals surface area contributed by atoms with Crippen LogP contribution in [0.15, 0.2) is 11.6 Å². The normalized spacial score (nSPS) is 28.1. The molecule has 2 aromatic heterocycles. The molecule has 0 amide bonds. The Kier molecular flexibility index (Phi) is 3.63. The quantitative estimate of drug-likeness (QED) is 0.928. The minimum Gasteiger partial charge on any atom is -0.308 e. The van der Waals surface area contributed by atoms with Crippen molar-refractivity contribution in [3.8, 4) is 0 Å². The Morgan fingerprint density at radius 2 is 2.26 bits per heavy atom. The Morgan fingerprint density at radius 3 is 3.05 bits per heavy atom. The number of hydrogen-bond donors (Lipinski definition) is 1. The third-order valence-electron chi connectivity index (χ3n) is 4.52. The maximum Gasteiger partial charge on any atom is 0.194 e. The zero-order valence-electron chi connectivity index (χ0n) is 12.0. The Hall–Kier alpha value is -0.870. The summed E-state index contributed by atoms with van der Waals surface area (Å²) in [6.45, 7) is 7.82. The molecule has 3 nitrogen and oxygen atoms in total. The van der Waals surface area contributed by atoms with Gasteiger partial charge in [0, 0.05) is 24.2 Å². The lowest BCUT2D eigenvalue weighted by atomic mass is 9.80. The first-order valence-electron chi connectivity index (χ1n) is 7.29. The largest absolute Gasteiger partial charge is 0.308 e. The van der Waals surface area contributed by atoms with Crippen molar-refractivity contribution in [3.63, 3.8) is 0 Å². The lowest BCUT2D eigenvalue weighted by molar-refractivity contribution is 0.226. The molecule has 3 atom stereocenters. The molecule has 0 aromatic carbocycles. The minimum atomic E-state index is 0.666. The van der Waals surface area contributed by atoms with Crippen molar-refractivity contribution < 1.29 is 0 Å². The standard InChI is InChI=1S/C15H23N3S/c1-10-4-5-13(11(2)8-10)16-9-14-12(3)17-15-18(14)6-7-19-15/h6-7,10-11,13,16H,4-5,8-9H2,1-3H3. The van der Waals surface area contributed by atoms with Crippen molar-refractivity contribution in [2.75, 3.05) is 0 Å². The van der Waals surface area contributed by atoms with Gasteiger partial charge in [0.25, 0.3) is 0 Å². The molecule has 3 unspecified atom stereocenters. The van der Waals surface area contributed by atoms with E-state index in [4.69, 9.17) is 0 Å². The van der Waals surface area contributed by atoms with Crippen LogP contribution in [-0.2, 0) is 6.54 Å². The summed E-state index contributed by atoms with van der Waals surface area (Å²) in [5, 5.41) is 5.87. The molecule has 1 aliphatic rings. The van der Waals surface area contributed by atoms with E-state index in [1.807, 2.05) is 0 Å². The van der Waals surface area contributed by atoms with Crippen molar-refractivity contribution >= 4 is 16.3 Å². The number of aryl methyl sites for hydroxylation is 1. The topological polar surface area (TPSA) is 29.3 Å². The van der Waals surface area contributed by atoms with Crippen LogP contribution in [0.3, 0.4) is 0 Å². The number of nitrogens with one attached hydrogen (secondary N) is 1. The number of aromatic nitrogens is 2. The predicted molar refractivity (Wildman–Crippen MR) is 80.6 cm³/mol. The van der Waals surface area contributed by atoms with Gasteiger partial charge in [0.1, 0.15) is 0 Å². The van der Waals surface area contributed by atoms with Gasteiger partial charge >= 0.3 is 0 Å². The summed E-state index contributed by atoms with van der Waals surface area (Å²) in [7, 11) is 0. The highest BCUT2D eigenvalue weighted by atomic mass is 32.1. The zero-order valence-corrected chi connectivity index (χ0v) is 12.8. The van der Waals surface area contributed by atoms with Crippen molar-refractivity contribution in [2.45, 2.75) is 52.6 Å². The van der Waals surface area contributed by atoms with E-state index < -0.39 is 0 Å². The van der Waals surface area contributed by atoms with E-state index in [1.165, 1.54) is 25.0 Å². The van der Waals surface area contributed by atoms with Gasteiger partial charge in [-0.05, 0) is 38.0 Å². The Morgan fingerprint density at radius 1 is 1.42 bits per heavy atom. The number of fused-ring (bicyclic) bond motifs is 1. The van der Waals surface area contributed by atoms with Crippen LogP contribution in [-0.4, -0.2) is 15.4 Å². The van der Waals surface area contributed by atoms with E-state index in [1.54, 1.807) is 11.3 Å². The average molecular weight is 277 g/mol. The molecule has 4 heteroatoms. The molecule has 2 aromatic rings. The van der Waals surface area contributed by atoms with E-state index in [9.17, 15) is 0 Å². The summed E-state index contributed by atoms with van der Waals surface area (Å²) in [5.74, 6) is 1.68. The molecule has 0 radical (unpaired) electrons. The van der Waals surface area contributed by atoms with Gasteiger partial charge in [0.2, 0.25) is 0 Å². The van der Waals surface area contributed by atoms with Crippen LogP contribution in [0.5, 0.6) is 0 Å². The number of nitrogens with zero attached hydrogens (tertiary/aromatic N) is 2. The molecular formula is C15H23N3S. The number of imidazole rings is 1. The Bertz CT molecular complexity index is 557. The van der Waals surface area contributed by atoms with Gasteiger partial charge in [-0.25, -0.2) is 4.98 Å². The van der Waals surface area contributed by atoms with Gasteiger partial charge in [-0.15, -0.1) is 11.3 Å². The van der Waals surface area contributed by atoms with Crippen molar-refractivity contribution in [3.05, 3.63) is 23.0 Å². The van der Waals surface area contributed by atoms with Gasteiger partial charge in [-0.1, -0.05) is 13.8 Å². The molecule has 1 N–H and O–H groups in total. The lowest BCUT2D eigenvalue weighted by Gasteiger charge is -2.33. The lowest BCUT2D eigenvalue weighted by Crippen LogP contribution is -2.38. The SMILES string of the molecule is Cc1nc2sccn2c1CNC1CCC(C)CC1C. The molecule has 104 valence electrons. The second-order valence-electron chi connectivity index (χ2n) is 6.08. The third kappa shape index (κ3) is 2.56. The van der Waals surface area contributed by atoms with Crippen LogP contribution in [0.2, 0.25) is 0 Å². The van der Waals surface area contributed by atoms with Crippen LogP contribution < -0.4 is 5.32 Å². The minimum absolute atomic E-state index is 0.666. The molecule has 3 rings (SSSR count). The molecule has 0 bridgehead atoms. The van der Waals surface area contributed by atoms with Crippen molar-refractivity contribution in [2.24, 2.45) is 11.8 Å². The zero-order chi connectivity index (χ0) is 13.4. The first-order chi connectivity index (χ1) is 9.15. The molecule has 19 heavy (non-hydrogen) atoms. The first-order valence-corrected chi connectivity index (χ1v) is 8.17. The number of thiazole rings is 1. The van der Waals surface area contributed by atoms with E-state index >= 15 is 0 Å². The van der Waals surface area contributed by atoms with Crippen LogP contribution >= 0.6 is 11.3 Å². The summed E-state index contributed by atoms with van der Waals surface area (Å²) < 4.78 is 2.23. The highest BCUT2D eigenvalue weighted by Gasteiger charge is 2.25. The van der Waals surface area contributed by atoms with Crippen molar-refractivity contribution in [1.82, 2.24) is 14.7 Å². The second kappa shape index (κ2) is 5.25. The van der Waals surface area contributed by atoms with Crippen LogP contribution in [0.25, 0.3) is 4.96 Å². The molecule has 1 fully saturated rings. The van der Waals surface area contributed by atoms with E-state index in [0.29, 0.717) is 6.04 Å². The number of hydrogen-bond acceptors (Lipinski definition) is 3. The molecule has 2 heterocycles. The van der Waals surface area contributed by atoms with Gasteiger partial charge in [0.05, 0.1) is 11.4 Å². The maximum atomic E-state index is 4.61. The highest BCUT2D eigenvalue weighted by molar-refractivity contribution is 7.15. The molecule has 0 saturated heterocycles. The third-order valence-corrected chi connectivity index (χ3v) is 5.28. The summed E-state index contributed by atoms with van der Waals surface area (Å²) in [6.07, 6.45) is 6.16. The fourth-order valence-electron chi connectivity index (χ4n) is 3.35. The van der Waals surface area contributed by atoms with Gasteiger partial charge in [-0.3, -0.25) is 4.40 Å². The molecule has 0 spiro atoms. The monoisotopic (exact) mass is 277 g/mol. The second-order valence-corrected chi connectivity index (χ2v) is 6.96. The van der Waals surface area contributed by atoms with Gasteiger partial charge in [-0.2, -0.15) is 0 Å². The molecular weight excluding hydrogens is 254 g/mol. The van der Waals surface area contributed by atoms with E-state index in [-0.39, 0.29) is 0 Å². The molecule has 0 aliphatic heterocycles. The summed E-state index contributed by atoms with van der Waals surface area (Å²) in [6, 6.07) is 0.666. The Labute approximate surface area is 119 Å². The van der Waals surface area contributed by atoms with E-state index in [0.717, 1.165) is 29.0 Å². The predicted octanol–water partition coefficient (Wildman–Crippen LogP) is 3.62.